The predicted molar refractivity (Wildman–Crippen MR) is 128 cm³/mol. The third-order valence-electron chi connectivity index (χ3n) is 8.98. The number of likely N-dealkylation sites (tertiary alicyclic amines) is 1. The number of aryl methyl sites for hydroxylation is 1. The molecule has 178 valence electrons. The van der Waals surface area contributed by atoms with Gasteiger partial charge in [0.2, 0.25) is 0 Å². The largest absolute Gasteiger partial charge is 0.381 e. The molecule has 1 saturated carbocycles. The van der Waals surface area contributed by atoms with Crippen molar-refractivity contribution in [2.75, 3.05) is 44.3 Å². The number of ether oxygens (including phenoxy) is 1. The van der Waals surface area contributed by atoms with Crippen molar-refractivity contribution >= 4 is 5.69 Å². The molecule has 4 aliphatic rings. The van der Waals surface area contributed by atoms with Gasteiger partial charge in [0.15, 0.2) is 0 Å². The Hall–Kier alpha value is -1.92. The van der Waals surface area contributed by atoms with Crippen molar-refractivity contribution in [3.8, 4) is 0 Å². The van der Waals surface area contributed by atoms with Crippen LogP contribution < -0.4 is 4.90 Å². The minimum atomic E-state index is -0.0795. The SMILES string of the molecule is Cn1cc(N2CC3(CC[C@@H](N4CCC(c5cc(F)ccc5C5CCOCC5)CC4)C3)C2)cn1. The monoisotopic (exact) mass is 452 g/mol. The molecule has 0 radical (unpaired) electrons. The van der Waals surface area contributed by atoms with Gasteiger partial charge in [0, 0.05) is 51.0 Å². The van der Waals surface area contributed by atoms with Crippen LogP contribution in [0.4, 0.5) is 10.1 Å². The zero-order chi connectivity index (χ0) is 22.4. The summed E-state index contributed by atoms with van der Waals surface area (Å²) in [6.07, 6.45) is 12.6. The molecule has 2 aromatic rings. The van der Waals surface area contributed by atoms with Crippen LogP contribution in [0.1, 0.15) is 67.9 Å². The van der Waals surface area contributed by atoms with Crippen LogP contribution >= 0.6 is 0 Å². The normalized spacial score (nSPS) is 26.7. The molecule has 6 rings (SSSR count). The first kappa shape index (κ1) is 21.6. The van der Waals surface area contributed by atoms with Gasteiger partial charge in [0.05, 0.1) is 11.9 Å². The van der Waals surface area contributed by atoms with E-state index in [1.807, 2.05) is 24.0 Å². The Bertz CT molecular complexity index is 970. The third kappa shape index (κ3) is 4.21. The van der Waals surface area contributed by atoms with E-state index in [-0.39, 0.29) is 5.82 Å². The molecule has 0 unspecified atom stereocenters. The predicted octanol–water partition coefficient (Wildman–Crippen LogP) is 4.69. The molecular formula is C27H37FN4O. The molecule has 6 heteroatoms. The molecule has 0 bridgehead atoms. The minimum Gasteiger partial charge on any atom is -0.381 e. The van der Waals surface area contributed by atoms with Gasteiger partial charge in [0.1, 0.15) is 5.82 Å². The summed E-state index contributed by atoms with van der Waals surface area (Å²) in [6, 6.07) is 6.30. The highest BCUT2D eigenvalue weighted by atomic mass is 19.1. The highest BCUT2D eigenvalue weighted by Gasteiger charge is 2.49. The van der Waals surface area contributed by atoms with Crippen LogP contribution in [0, 0.1) is 11.2 Å². The van der Waals surface area contributed by atoms with Crippen LogP contribution in [0.3, 0.4) is 0 Å². The second-order valence-electron chi connectivity index (χ2n) is 11.1. The number of benzene rings is 1. The Kier molecular flexibility index (Phi) is 5.69. The maximum atomic E-state index is 14.2. The molecule has 3 aliphatic heterocycles. The van der Waals surface area contributed by atoms with E-state index in [4.69, 9.17) is 4.74 Å². The van der Waals surface area contributed by atoms with Crippen LogP contribution in [-0.2, 0) is 11.8 Å². The van der Waals surface area contributed by atoms with Gasteiger partial charge in [-0.05, 0) is 93.1 Å². The number of halogens is 1. The molecule has 1 spiro atoms. The summed E-state index contributed by atoms with van der Waals surface area (Å²) in [7, 11) is 1.99. The number of nitrogens with zero attached hydrogens (tertiary/aromatic N) is 4. The topological polar surface area (TPSA) is 33.5 Å². The van der Waals surface area contributed by atoms with Crippen molar-refractivity contribution in [1.29, 1.82) is 0 Å². The van der Waals surface area contributed by atoms with Crippen molar-refractivity contribution in [1.82, 2.24) is 14.7 Å². The van der Waals surface area contributed by atoms with Crippen LogP contribution in [0.5, 0.6) is 0 Å². The third-order valence-corrected chi connectivity index (χ3v) is 8.98. The second kappa shape index (κ2) is 8.70. The maximum Gasteiger partial charge on any atom is 0.123 e. The van der Waals surface area contributed by atoms with Crippen molar-refractivity contribution in [2.45, 2.75) is 62.8 Å². The second-order valence-corrected chi connectivity index (χ2v) is 11.1. The number of aromatic nitrogens is 2. The average Bonchev–Trinajstić information content (AvgIpc) is 3.46. The van der Waals surface area contributed by atoms with Crippen LogP contribution in [0.25, 0.3) is 0 Å². The van der Waals surface area contributed by atoms with Gasteiger partial charge in [-0.15, -0.1) is 0 Å². The molecule has 5 nitrogen and oxygen atoms in total. The standard InChI is InChI=1S/C27H37FN4O/c1-30-17-24(16-29-30)32-18-27(19-32)9-4-23(15-27)31-10-5-20(6-11-31)26-14-22(28)2-3-25(26)21-7-12-33-13-8-21/h2-3,14,16-17,20-21,23H,4-13,15,18-19H2,1H3/t23-/m1/s1. The Labute approximate surface area is 196 Å². The van der Waals surface area contributed by atoms with Gasteiger partial charge in [-0.2, -0.15) is 5.10 Å². The summed E-state index contributed by atoms with van der Waals surface area (Å²) in [5, 5.41) is 4.33. The average molecular weight is 453 g/mol. The van der Waals surface area contributed by atoms with Crippen molar-refractivity contribution in [3.05, 3.63) is 47.5 Å². The molecule has 1 atom stereocenters. The lowest BCUT2D eigenvalue weighted by Crippen LogP contribution is -2.56. The van der Waals surface area contributed by atoms with E-state index in [2.05, 4.69) is 27.2 Å². The Morgan fingerprint density at radius 2 is 1.76 bits per heavy atom. The van der Waals surface area contributed by atoms with E-state index >= 15 is 0 Å². The number of anilines is 1. The molecule has 0 amide bonds. The summed E-state index contributed by atoms with van der Waals surface area (Å²) in [4.78, 5) is 5.24. The Morgan fingerprint density at radius 3 is 2.48 bits per heavy atom. The van der Waals surface area contributed by atoms with Gasteiger partial charge in [0.25, 0.3) is 0 Å². The molecule has 4 fully saturated rings. The summed E-state index contributed by atoms with van der Waals surface area (Å²) in [6.45, 7) is 6.35. The Morgan fingerprint density at radius 1 is 1.00 bits per heavy atom. The van der Waals surface area contributed by atoms with Gasteiger partial charge in [-0.3, -0.25) is 4.68 Å². The van der Waals surface area contributed by atoms with Crippen molar-refractivity contribution in [2.24, 2.45) is 12.5 Å². The number of hydrogen-bond acceptors (Lipinski definition) is 4. The molecule has 1 aliphatic carbocycles. The fraction of sp³-hybridized carbons (Fsp3) is 0.667. The summed E-state index contributed by atoms with van der Waals surface area (Å²) >= 11 is 0. The fourth-order valence-corrected chi connectivity index (χ4v) is 7.15. The summed E-state index contributed by atoms with van der Waals surface area (Å²) in [5.74, 6) is 0.947. The molecule has 4 heterocycles. The highest BCUT2D eigenvalue weighted by Crippen LogP contribution is 2.49. The van der Waals surface area contributed by atoms with Crippen molar-refractivity contribution in [3.63, 3.8) is 0 Å². The first-order chi connectivity index (χ1) is 16.1. The Balaban J connectivity index is 1.06. The number of hydrogen-bond donors (Lipinski definition) is 0. The highest BCUT2D eigenvalue weighted by molar-refractivity contribution is 5.47. The van der Waals surface area contributed by atoms with E-state index in [0.29, 0.717) is 17.3 Å². The first-order valence-electron chi connectivity index (χ1n) is 12.9. The molecule has 1 aromatic heterocycles. The zero-order valence-electron chi connectivity index (χ0n) is 19.9. The van der Waals surface area contributed by atoms with Crippen LogP contribution in [-0.4, -0.2) is 60.1 Å². The lowest BCUT2D eigenvalue weighted by atomic mass is 9.77. The van der Waals surface area contributed by atoms with Crippen molar-refractivity contribution < 1.29 is 9.13 Å². The van der Waals surface area contributed by atoms with Gasteiger partial charge in [-0.25, -0.2) is 4.39 Å². The number of piperidine rings is 1. The summed E-state index contributed by atoms with van der Waals surface area (Å²) < 4.78 is 21.7. The van der Waals surface area contributed by atoms with Gasteiger partial charge in [-0.1, -0.05) is 6.07 Å². The minimum absolute atomic E-state index is 0.0795. The molecule has 0 N–H and O–H groups in total. The quantitative estimate of drug-likeness (QED) is 0.674. The smallest absolute Gasteiger partial charge is 0.123 e. The molecular weight excluding hydrogens is 415 g/mol. The number of rotatable bonds is 4. The zero-order valence-corrected chi connectivity index (χ0v) is 19.9. The van der Waals surface area contributed by atoms with E-state index < -0.39 is 0 Å². The van der Waals surface area contributed by atoms with E-state index in [0.717, 1.165) is 58.0 Å². The fourth-order valence-electron chi connectivity index (χ4n) is 7.15. The lowest BCUT2D eigenvalue weighted by Gasteiger charge is -2.49. The van der Waals surface area contributed by atoms with Crippen LogP contribution in [0.15, 0.2) is 30.6 Å². The summed E-state index contributed by atoms with van der Waals surface area (Å²) in [5.41, 5.74) is 4.46. The van der Waals surface area contributed by atoms with E-state index in [1.165, 1.54) is 49.2 Å². The van der Waals surface area contributed by atoms with E-state index in [9.17, 15) is 4.39 Å². The molecule has 1 aromatic carbocycles. The lowest BCUT2D eigenvalue weighted by molar-refractivity contribution is 0.0848. The molecule has 3 saturated heterocycles. The van der Waals surface area contributed by atoms with E-state index in [1.54, 1.807) is 6.07 Å². The van der Waals surface area contributed by atoms with Gasteiger partial charge < -0.3 is 14.5 Å². The van der Waals surface area contributed by atoms with Gasteiger partial charge >= 0.3 is 0 Å². The first-order valence-corrected chi connectivity index (χ1v) is 12.9. The van der Waals surface area contributed by atoms with Crippen LogP contribution in [0.2, 0.25) is 0 Å². The maximum absolute atomic E-state index is 14.2. The molecule has 33 heavy (non-hydrogen) atoms.